The molecule has 1 aromatic carbocycles. The number of rotatable bonds is 3. The Labute approximate surface area is 191 Å². The van der Waals surface area contributed by atoms with Crippen LogP contribution in [-0.2, 0) is 15.2 Å². The summed E-state index contributed by atoms with van der Waals surface area (Å²) in [7, 11) is 1.40. The summed E-state index contributed by atoms with van der Waals surface area (Å²) in [5.74, 6) is -0.490. The highest BCUT2D eigenvalue weighted by molar-refractivity contribution is 8.13. The Bertz CT molecular complexity index is 1340. The van der Waals surface area contributed by atoms with Crippen molar-refractivity contribution < 1.29 is 26.4 Å². The minimum absolute atomic E-state index is 0.0360. The number of carbonyl (C=O) groups excluding carboxylic acids is 1. The van der Waals surface area contributed by atoms with Crippen LogP contribution in [-0.4, -0.2) is 46.9 Å². The van der Waals surface area contributed by atoms with Gasteiger partial charge >= 0.3 is 6.18 Å². The van der Waals surface area contributed by atoms with E-state index in [1.54, 1.807) is 17.0 Å². The Morgan fingerprint density at radius 2 is 1.70 bits per heavy atom. The fourth-order valence-corrected chi connectivity index (χ4v) is 5.87. The lowest BCUT2D eigenvalue weighted by Crippen LogP contribution is -2.31. The Morgan fingerprint density at radius 3 is 2.33 bits per heavy atom. The molecule has 0 radical (unpaired) electrons. The highest BCUT2D eigenvalue weighted by Gasteiger charge is 2.45. The molecule has 0 spiro atoms. The minimum Gasteiger partial charge on any atom is -0.335 e. The lowest BCUT2D eigenvalue weighted by Gasteiger charge is -2.21. The summed E-state index contributed by atoms with van der Waals surface area (Å²) in [6.45, 7) is 0.799. The van der Waals surface area contributed by atoms with Gasteiger partial charge in [0.15, 0.2) is 5.65 Å². The second-order valence-corrected chi connectivity index (χ2v) is 11.1. The van der Waals surface area contributed by atoms with Crippen LogP contribution in [0.3, 0.4) is 0 Å². The van der Waals surface area contributed by atoms with Gasteiger partial charge in [-0.25, -0.2) is 8.42 Å². The molecule has 2 aliphatic rings. The van der Waals surface area contributed by atoms with Crippen molar-refractivity contribution in [1.82, 2.24) is 19.5 Å². The number of aromatic nitrogens is 3. The molecule has 174 valence electrons. The van der Waals surface area contributed by atoms with Crippen molar-refractivity contribution in [3.63, 3.8) is 0 Å². The van der Waals surface area contributed by atoms with Crippen molar-refractivity contribution in [2.45, 2.75) is 29.8 Å². The van der Waals surface area contributed by atoms with Crippen molar-refractivity contribution in [2.75, 3.05) is 13.1 Å². The molecule has 0 bridgehead atoms. The first-order valence-corrected chi connectivity index (χ1v) is 12.6. The number of benzene rings is 1. The van der Waals surface area contributed by atoms with Crippen LogP contribution in [0.5, 0.6) is 0 Å². The molecule has 3 heterocycles. The number of hydrogen-bond acceptors (Lipinski definition) is 5. The monoisotopic (exact) mass is 498 g/mol. The molecule has 1 aliphatic heterocycles. The van der Waals surface area contributed by atoms with E-state index in [2.05, 4.69) is 10.2 Å². The Morgan fingerprint density at radius 1 is 1.03 bits per heavy atom. The molecule has 7 nitrogen and oxygen atoms in total. The van der Waals surface area contributed by atoms with Gasteiger partial charge in [-0.15, -0.1) is 10.2 Å². The fourth-order valence-electron chi connectivity index (χ4n) is 5.13. The number of pyridine rings is 1. The number of carbonyl (C=O) groups is 1. The molecule has 0 N–H and O–H groups in total. The Balaban J connectivity index is 1.35. The minimum atomic E-state index is -4.40. The average molecular weight is 499 g/mol. The molecule has 12 heteroatoms. The van der Waals surface area contributed by atoms with Crippen LogP contribution in [0.1, 0.15) is 40.5 Å². The van der Waals surface area contributed by atoms with E-state index in [4.69, 9.17) is 10.7 Å². The number of nitrogens with zero attached hydrogens (tertiary/aromatic N) is 4. The molecule has 33 heavy (non-hydrogen) atoms. The molecular formula is C21H18ClF3N4O3S. The van der Waals surface area contributed by atoms with Crippen molar-refractivity contribution >= 4 is 31.3 Å². The quantitative estimate of drug-likeness (QED) is 0.511. The van der Waals surface area contributed by atoms with Crippen LogP contribution in [0.15, 0.2) is 47.5 Å². The van der Waals surface area contributed by atoms with Crippen LogP contribution in [0.4, 0.5) is 13.2 Å². The van der Waals surface area contributed by atoms with Crippen LogP contribution in [0.25, 0.3) is 5.65 Å². The van der Waals surface area contributed by atoms with Crippen LogP contribution in [0, 0.1) is 11.8 Å². The summed E-state index contributed by atoms with van der Waals surface area (Å²) >= 11 is 0. The number of alkyl halides is 3. The van der Waals surface area contributed by atoms with Crippen LogP contribution >= 0.6 is 10.7 Å². The Hall–Kier alpha value is -2.66. The number of halogens is 4. The van der Waals surface area contributed by atoms with Gasteiger partial charge in [-0.3, -0.25) is 9.20 Å². The van der Waals surface area contributed by atoms with Crippen LogP contribution < -0.4 is 0 Å². The van der Waals surface area contributed by atoms with Crippen molar-refractivity contribution in [2.24, 2.45) is 11.8 Å². The smallest absolute Gasteiger partial charge is 0.335 e. The SMILES string of the molecule is O=C(c1nnc2ccc(S(=O)(=O)Cl)cn12)N1C[C@H]2CC(c3ccccc3C(F)(F)F)C[C@H]2C1. The summed E-state index contributed by atoms with van der Waals surface area (Å²) in [5.41, 5.74) is 0.0176. The highest BCUT2D eigenvalue weighted by Crippen LogP contribution is 2.49. The van der Waals surface area contributed by atoms with E-state index in [0.29, 0.717) is 37.1 Å². The van der Waals surface area contributed by atoms with Gasteiger partial charge < -0.3 is 4.90 Å². The summed E-state index contributed by atoms with van der Waals surface area (Å²) in [6, 6.07) is 8.36. The molecule has 1 unspecified atom stereocenters. The molecule has 3 aromatic rings. The first kappa shape index (κ1) is 22.1. The number of fused-ring (bicyclic) bond motifs is 2. The number of amides is 1. The normalized spacial score (nSPS) is 23.3. The largest absolute Gasteiger partial charge is 0.416 e. The topological polar surface area (TPSA) is 84.6 Å². The van der Waals surface area contributed by atoms with E-state index in [0.717, 1.165) is 6.07 Å². The van der Waals surface area contributed by atoms with E-state index in [1.165, 1.54) is 28.8 Å². The zero-order valence-electron chi connectivity index (χ0n) is 17.0. The molecule has 2 aromatic heterocycles. The van der Waals surface area contributed by atoms with Gasteiger partial charge in [0, 0.05) is 30.0 Å². The van der Waals surface area contributed by atoms with E-state index in [1.807, 2.05) is 0 Å². The molecule has 3 atom stereocenters. The predicted molar refractivity (Wildman–Crippen MR) is 112 cm³/mol. The van der Waals surface area contributed by atoms with Crippen molar-refractivity contribution in [1.29, 1.82) is 0 Å². The van der Waals surface area contributed by atoms with Crippen molar-refractivity contribution in [3.05, 3.63) is 59.5 Å². The van der Waals surface area contributed by atoms with E-state index >= 15 is 0 Å². The summed E-state index contributed by atoms with van der Waals surface area (Å²) in [6.07, 6.45) is -2.07. The second-order valence-electron chi connectivity index (χ2n) is 8.54. The predicted octanol–water partition coefficient (Wildman–Crippen LogP) is 3.94. The number of likely N-dealkylation sites (tertiary alicyclic amines) is 1. The lowest BCUT2D eigenvalue weighted by atomic mass is 9.91. The van der Waals surface area contributed by atoms with Crippen molar-refractivity contribution in [3.8, 4) is 0 Å². The molecule has 1 saturated heterocycles. The third-order valence-electron chi connectivity index (χ3n) is 6.59. The average Bonchev–Trinajstić information content (AvgIpc) is 3.44. The third kappa shape index (κ3) is 3.97. The van der Waals surface area contributed by atoms with Gasteiger partial charge in [0.1, 0.15) is 0 Å². The Kier molecular flexibility index (Phi) is 5.16. The summed E-state index contributed by atoms with van der Waals surface area (Å²) < 4.78 is 64.9. The third-order valence-corrected chi connectivity index (χ3v) is 7.93. The maximum Gasteiger partial charge on any atom is 0.416 e. The molecule has 1 aliphatic carbocycles. The summed E-state index contributed by atoms with van der Waals surface area (Å²) in [4.78, 5) is 14.5. The fraction of sp³-hybridized carbons (Fsp3) is 0.381. The molecule has 1 amide bonds. The molecule has 1 saturated carbocycles. The van der Waals surface area contributed by atoms with Gasteiger partial charge in [-0.2, -0.15) is 13.2 Å². The van der Waals surface area contributed by atoms with Gasteiger partial charge in [0.2, 0.25) is 5.82 Å². The van der Waals surface area contributed by atoms with Gasteiger partial charge in [0.25, 0.3) is 15.0 Å². The highest BCUT2D eigenvalue weighted by atomic mass is 35.7. The first-order chi connectivity index (χ1) is 15.5. The zero-order chi connectivity index (χ0) is 23.5. The molecule has 5 rings (SSSR count). The van der Waals surface area contributed by atoms with Gasteiger partial charge in [-0.05, 0) is 54.4 Å². The zero-order valence-corrected chi connectivity index (χ0v) is 18.6. The van der Waals surface area contributed by atoms with Crippen LogP contribution in [0.2, 0.25) is 0 Å². The standard InChI is InChI=1S/C21H18ClF3N4O3S/c22-33(31,32)15-5-6-18-26-27-19(29(18)11-15)20(30)28-9-13-7-12(8-14(13)10-28)16-3-1-2-4-17(16)21(23,24)25/h1-6,11-14H,7-10H2/t12?,13-,14+. The second kappa shape index (κ2) is 7.69. The first-order valence-electron chi connectivity index (χ1n) is 10.3. The molecular weight excluding hydrogens is 481 g/mol. The van der Waals surface area contributed by atoms with E-state index in [-0.39, 0.29) is 28.5 Å². The maximum absolute atomic E-state index is 13.4. The number of hydrogen-bond donors (Lipinski definition) is 0. The lowest BCUT2D eigenvalue weighted by molar-refractivity contribution is -0.138. The van der Waals surface area contributed by atoms with Gasteiger partial charge in [-0.1, -0.05) is 18.2 Å². The van der Waals surface area contributed by atoms with Gasteiger partial charge in [0.05, 0.1) is 10.5 Å². The van der Waals surface area contributed by atoms with E-state index in [9.17, 15) is 26.4 Å². The summed E-state index contributed by atoms with van der Waals surface area (Å²) in [5, 5.41) is 7.83. The molecule has 2 fully saturated rings. The van der Waals surface area contributed by atoms with E-state index < -0.39 is 26.7 Å². The maximum atomic E-state index is 13.4.